The summed E-state index contributed by atoms with van der Waals surface area (Å²) in [6.45, 7) is 5.27. The Labute approximate surface area is 158 Å². The van der Waals surface area contributed by atoms with E-state index in [2.05, 4.69) is 27.7 Å². The maximum atomic E-state index is 12.3. The number of para-hydroxylation sites is 2. The number of hydrogen-bond donors (Lipinski definition) is 1. The van der Waals surface area contributed by atoms with Crippen molar-refractivity contribution in [2.24, 2.45) is 0 Å². The lowest BCUT2D eigenvalue weighted by Gasteiger charge is -2.26. The van der Waals surface area contributed by atoms with Crippen molar-refractivity contribution in [3.8, 4) is 11.5 Å². The van der Waals surface area contributed by atoms with Crippen LogP contribution in [0.1, 0.15) is 30.7 Å². The Kier molecular flexibility index (Phi) is 6.91. The standard InChI is InChI=1S/C20H26N2O3S/c1-2-24-17-8-3-4-9-18(17)25-15-20(23)21-14-16(19-10-7-13-26-19)22-11-5-6-12-22/h3-4,7-10,13,16H,2,5-6,11-12,14-15H2,1H3,(H,21,23). The molecule has 1 amide bonds. The first-order valence-electron chi connectivity index (χ1n) is 9.16. The van der Waals surface area contributed by atoms with Gasteiger partial charge in [0.1, 0.15) is 0 Å². The summed E-state index contributed by atoms with van der Waals surface area (Å²) in [7, 11) is 0. The lowest BCUT2D eigenvalue weighted by Crippen LogP contribution is -2.38. The third kappa shape index (κ3) is 4.99. The van der Waals surface area contributed by atoms with E-state index < -0.39 is 0 Å². The highest BCUT2D eigenvalue weighted by atomic mass is 32.1. The van der Waals surface area contributed by atoms with Crippen molar-refractivity contribution in [1.82, 2.24) is 10.2 Å². The van der Waals surface area contributed by atoms with Gasteiger partial charge in [-0.05, 0) is 56.4 Å². The summed E-state index contributed by atoms with van der Waals surface area (Å²) in [5, 5.41) is 5.12. The summed E-state index contributed by atoms with van der Waals surface area (Å²) < 4.78 is 11.2. The Morgan fingerprint density at radius 3 is 2.54 bits per heavy atom. The highest BCUT2D eigenvalue weighted by Gasteiger charge is 2.24. The Morgan fingerprint density at radius 2 is 1.88 bits per heavy atom. The first-order valence-corrected chi connectivity index (χ1v) is 10.0. The molecule has 0 bridgehead atoms. The van der Waals surface area contributed by atoms with E-state index >= 15 is 0 Å². The van der Waals surface area contributed by atoms with Crippen LogP contribution < -0.4 is 14.8 Å². The van der Waals surface area contributed by atoms with E-state index in [1.165, 1.54) is 17.7 Å². The lowest BCUT2D eigenvalue weighted by atomic mass is 10.2. The minimum atomic E-state index is -0.114. The van der Waals surface area contributed by atoms with Crippen LogP contribution in [0.4, 0.5) is 0 Å². The van der Waals surface area contributed by atoms with E-state index in [-0.39, 0.29) is 18.6 Å². The zero-order valence-corrected chi connectivity index (χ0v) is 16.0. The molecule has 0 aliphatic carbocycles. The fraction of sp³-hybridized carbons (Fsp3) is 0.450. The fourth-order valence-electron chi connectivity index (χ4n) is 3.19. The van der Waals surface area contributed by atoms with Crippen LogP contribution in [0.25, 0.3) is 0 Å². The van der Waals surface area contributed by atoms with Gasteiger partial charge in [-0.1, -0.05) is 18.2 Å². The molecule has 3 rings (SSSR count). The molecule has 1 aromatic carbocycles. The van der Waals surface area contributed by atoms with Gasteiger partial charge in [0, 0.05) is 11.4 Å². The minimum absolute atomic E-state index is 0.0127. The monoisotopic (exact) mass is 374 g/mol. The minimum Gasteiger partial charge on any atom is -0.490 e. The summed E-state index contributed by atoms with van der Waals surface area (Å²) in [6.07, 6.45) is 2.46. The second kappa shape index (κ2) is 9.59. The van der Waals surface area contributed by atoms with Gasteiger partial charge in [0.2, 0.25) is 0 Å². The van der Waals surface area contributed by atoms with Crippen LogP contribution in [-0.2, 0) is 4.79 Å². The summed E-state index contributed by atoms with van der Waals surface area (Å²) in [5.41, 5.74) is 0. The zero-order valence-electron chi connectivity index (χ0n) is 15.1. The van der Waals surface area contributed by atoms with Crippen molar-refractivity contribution in [2.75, 3.05) is 32.8 Å². The van der Waals surface area contributed by atoms with Crippen molar-refractivity contribution in [3.63, 3.8) is 0 Å². The Bertz CT molecular complexity index is 684. The first-order chi connectivity index (χ1) is 12.8. The summed E-state index contributed by atoms with van der Waals surface area (Å²) in [4.78, 5) is 16.0. The zero-order chi connectivity index (χ0) is 18.2. The first kappa shape index (κ1) is 18.7. The molecule has 1 unspecified atom stereocenters. The molecule has 1 aliphatic rings. The quantitative estimate of drug-likeness (QED) is 0.730. The average molecular weight is 375 g/mol. The maximum absolute atomic E-state index is 12.3. The van der Waals surface area contributed by atoms with Gasteiger partial charge >= 0.3 is 0 Å². The van der Waals surface area contributed by atoms with Crippen LogP contribution >= 0.6 is 11.3 Å². The van der Waals surface area contributed by atoms with Crippen molar-refractivity contribution >= 4 is 17.2 Å². The molecule has 1 aliphatic heterocycles. The van der Waals surface area contributed by atoms with Crippen LogP contribution in [0.5, 0.6) is 11.5 Å². The number of rotatable bonds is 9. The van der Waals surface area contributed by atoms with Crippen molar-refractivity contribution in [3.05, 3.63) is 46.7 Å². The van der Waals surface area contributed by atoms with E-state index in [4.69, 9.17) is 9.47 Å². The lowest BCUT2D eigenvalue weighted by molar-refractivity contribution is -0.123. The number of likely N-dealkylation sites (tertiary alicyclic amines) is 1. The van der Waals surface area contributed by atoms with Gasteiger partial charge in [0.15, 0.2) is 18.1 Å². The molecule has 2 heterocycles. The highest BCUT2D eigenvalue weighted by molar-refractivity contribution is 7.10. The molecule has 0 spiro atoms. The summed E-state index contributed by atoms with van der Waals surface area (Å²) in [5.74, 6) is 1.15. The number of amides is 1. The van der Waals surface area contributed by atoms with Crippen LogP contribution in [-0.4, -0.2) is 43.7 Å². The van der Waals surface area contributed by atoms with Gasteiger partial charge in [-0.15, -0.1) is 11.3 Å². The van der Waals surface area contributed by atoms with Crippen LogP contribution in [0.15, 0.2) is 41.8 Å². The Balaban J connectivity index is 1.52. The number of ether oxygens (including phenoxy) is 2. The second-order valence-corrected chi connectivity index (χ2v) is 7.23. The Hall–Kier alpha value is -2.05. The molecule has 5 nitrogen and oxygen atoms in total. The second-order valence-electron chi connectivity index (χ2n) is 6.25. The molecule has 1 saturated heterocycles. The van der Waals surface area contributed by atoms with Crippen molar-refractivity contribution in [1.29, 1.82) is 0 Å². The van der Waals surface area contributed by atoms with Crippen molar-refractivity contribution < 1.29 is 14.3 Å². The predicted molar refractivity (Wildman–Crippen MR) is 104 cm³/mol. The van der Waals surface area contributed by atoms with Gasteiger partial charge in [-0.3, -0.25) is 9.69 Å². The molecule has 0 radical (unpaired) electrons. The Morgan fingerprint density at radius 1 is 1.15 bits per heavy atom. The topological polar surface area (TPSA) is 50.8 Å². The van der Waals surface area contributed by atoms with Gasteiger partial charge in [-0.2, -0.15) is 0 Å². The van der Waals surface area contributed by atoms with E-state index in [0.29, 0.717) is 24.7 Å². The van der Waals surface area contributed by atoms with Gasteiger partial charge in [-0.25, -0.2) is 0 Å². The molecule has 26 heavy (non-hydrogen) atoms. The van der Waals surface area contributed by atoms with Gasteiger partial charge < -0.3 is 14.8 Å². The number of hydrogen-bond acceptors (Lipinski definition) is 5. The number of nitrogens with one attached hydrogen (secondary N) is 1. The predicted octanol–water partition coefficient (Wildman–Crippen LogP) is 3.48. The molecule has 2 aromatic rings. The molecule has 140 valence electrons. The van der Waals surface area contributed by atoms with Gasteiger partial charge in [0.25, 0.3) is 5.91 Å². The number of thiophene rings is 1. The van der Waals surface area contributed by atoms with E-state index in [9.17, 15) is 4.79 Å². The summed E-state index contributed by atoms with van der Waals surface area (Å²) >= 11 is 1.75. The van der Waals surface area contributed by atoms with E-state index in [0.717, 1.165) is 13.1 Å². The number of benzene rings is 1. The summed E-state index contributed by atoms with van der Waals surface area (Å²) in [6, 6.07) is 11.9. The highest BCUT2D eigenvalue weighted by Crippen LogP contribution is 2.28. The normalized spacial score (nSPS) is 15.6. The third-order valence-electron chi connectivity index (χ3n) is 4.45. The molecular formula is C20H26N2O3S. The van der Waals surface area contributed by atoms with Crippen LogP contribution in [0.2, 0.25) is 0 Å². The van der Waals surface area contributed by atoms with Gasteiger partial charge in [0.05, 0.1) is 12.6 Å². The van der Waals surface area contributed by atoms with Crippen LogP contribution in [0, 0.1) is 0 Å². The number of nitrogens with zero attached hydrogens (tertiary/aromatic N) is 1. The maximum Gasteiger partial charge on any atom is 0.258 e. The number of carbonyl (C=O) groups excluding carboxylic acids is 1. The smallest absolute Gasteiger partial charge is 0.258 e. The third-order valence-corrected chi connectivity index (χ3v) is 5.43. The van der Waals surface area contributed by atoms with Crippen LogP contribution in [0.3, 0.4) is 0 Å². The molecule has 6 heteroatoms. The van der Waals surface area contributed by atoms with Crippen molar-refractivity contribution in [2.45, 2.75) is 25.8 Å². The SMILES string of the molecule is CCOc1ccccc1OCC(=O)NCC(c1cccs1)N1CCCC1. The molecule has 1 N–H and O–H groups in total. The molecule has 1 aromatic heterocycles. The average Bonchev–Trinajstić information content (AvgIpc) is 3.36. The largest absolute Gasteiger partial charge is 0.490 e. The van der Waals surface area contributed by atoms with E-state index in [1.807, 2.05) is 31.2 Å². The van der Waals surface area contributed by atoms with E-state index in [1.54, 1.807) is 11.3 Å². The molecule has 1 atom stereocenters. The molecular weight excluding hydrogens is 348 g/mol. The number of carbonyl (C=O) groups is 1. The fourth-order valence-corrected chi connectivity index (χ4v) is 4.05. The molecule has 1 fully saturated rings. The molecule has 0 saturated carbocycles.